The standard InChI is InChI=1S/C30H38F2N4O5/c1-30(2,3)41-29(39)36-21-6-4-19(12-21)26(36)28(38)34-23(27(33)37)13-18-5-7-22(25(32)24(18)31)20-15-35(16-20)14-17-8-10-40-11-9-17/h5,7,15-17,19,21,23,26H,4,6,8-14H2,1-3H3,(H2-,33,34,37,38)/p+1. The lowest BCUT2D eigenvalue weighted by Gasteiger charge is -2.36. The van der Waals surface area contributed by atoms with Crippen LogP contribution in [0.5, 0.6) is 0 Å². The highest BCUT2D eigenvalue weighted by Gasteiger charge is 2.52. The Morgan fingerprint density at radius 3 is 2.51 bits per heavy atom. The summed E-state index contributed by atoms with van der Waals surface area (Å²) in [6.45, 7) is 7.54. The summed E-state index contributed by atoms with van der Waals surface area (Å²) in [7, 11) is 0. The van der Waals surface area contributed by atoms with Crippen LogP contribution >= 0.6 is 0 Å². The Bertz CT molecular complexity index is 1280. The first-order valence-corrected chi connectivity index (χ1v) is 14.4. The number of carbonyl (C=O) groups excluding carboxylic acids is 3. The van der Waals surface area contributed by atoms with Crippen molar-refractivity contribution in [3.8, 4) is 0 Å². The van der Waals surface area contributed by atoms with E-state index in [0.29, 0.717) is 17.9 Å². The van der Waals surface area contributed by atoms with E-state index in [-0.39, 0.29) is 29.5 Å². The van der Waals surface area contributed by atoms with Gasteiger partial charge in [-0.1, -0.05) is 12.1 Å². The van der Waals surface area contributed by atoms with Crippen LogP contribution in [-0.4, -0.2) is 77.1 Å². The van der Waals surface area contributed by atoms with Gasteiger partial charge >= 0.3 is 6.09 Å². The number of rotatable bonds is 8. The van der Waals surface area contributed by atoms with Crippen LogP contribution in [0.2, 0.25) is 0 Å². The molecule has 3 aliphatic heterocycles. The number of allylic oxidation sites excluding steroid dienone is 1. The molecule has 1 aliphatic carbocycles. The van der Waals surface area contributed by atoms with Gasteiger partial charge in [-0.2, -0.15) is 0 Å². The molecule has 3 amide bonds. The summed E-state index contributed by atoms with van der Waals surface area (Å²) < 4.78 is 43.2. The number of likely N-dealkylation sites (tertiary alicyclic amines) is 1. The van der Waals surface area contributed by atoms with Gasteiger partial charge in [0.15, 0.2) is 30.6 Å². The number of nitrogens with one attached hydrogen (secondary N) is 1. The van der Waals surface area contributed by atoms with Gasteiger partial charge in [-0.15, -0.1) is 0 Å². The third-order valence-electron chi connectivity index (χ3n) is 8.44. The molecule has 0 spiro atoms. The second-order valence-electron chi connectivity index (χ2n) is 12.6. The largest absolute Gasteiger partial charge is 0.444 e. The van der Waals surface area contributed by atoms with Crippen LogP contribution < -0.4 is 11.1 Å². The van der Waals surface area contributed by atoms with Gasteiger partial charge in [0.25, 0.3) is 0 Å². The highest BCUT2D eigenvalue weighted by Crippen LogP contribution is 2.43. The first-order valence-electron chi connectivity index (χ1n) is 14.4. The smallest absolute Gasteiger partial charge is 0.411 e. The summed E-state index contributed by atoms with van der Waals surface area (Å²) in [5.74, 6) is -3.12. The van der Waals surface area contributed by atoms with Gasteiger partial charge in [0.1, 0.15) is 23.3 Å². The fourth-order valence-corrected chi connectivity index (χ4v) is 6.39. The summed E-state index contributed by atoms with van der Waals surface area (Å²) in [5, 5.41) is 2.61. The fraction of sp³-hybridized carbons (Fsp3) is 0.600. The van der Waals surface area contributed by atoms with E-state index in [0.717, 1.165) is 45.4 Å². The van der Waals surface area contributed by atoms with E-state index in [1.807, 2.05) is 4.58 Å². The molecule has 1 aromatic carbocycles. The van der Waals surface area contributed by atoms with Crippen LogP contribution in [0.25, 0.3) is 5.57 Å². The summed E-state index contributed by atoms with van der Waals surface area (Å²) in [5.41, 5.74) is 5.47. The Morgan fingerprint density at radius 2 is 1.85 bits per heavy atom. The van der Waals surface area contributed by atoms with Gasteiger partial charge in [-0.25, -0.2) is 18.2 Å². The van der Waals surface area contributed by atoms with Crippen molar-refractivity contribution in [2.24, 2.45) is 17.6 Å². The Labute approximate surface area is 238 Å². The zero-order chi connectivity index (χ0) is 29.5. The number of benzene rings is 1. The maximum Gasteiger partial charge on any atom is 0.411 e. The molecule has 0 aromatic heterocycles. The summed E-state index contributed by atoms with van der Waals surface area (Å²) in [6.07, 6.45) is 6.84. The predicted octanol–water partition coefficient (Wildman–Crippen LogP) is 3.13. The molecule has 3 heterocycles. The number of fused-ring (bicyclic) bond motifs is 2. The number of ether oxygens (including phenoxy) is 2. The average molecular weight is 574 g/mol. The number of hydrogen-bond acceptors (Lipinski definition) is 5. The number of nitrogens with zero attached hydrogens (tertiary/aromatic N) is 2. The molecule has 4 aliphatic rings. The predicted molar refractivity (Wildman–Crippen MR) is 147 cm³/mol. The minimum absolute atomic E-state index is 0.0764. The van der Waals surface area contributed by atoms with Crippen LogP contribution in [0.15, 0.2) is 18.3 Å². The molecular formula is C30H39F2N4O5+. The minimum Gasteiger partial charge on any atom is -0.444 e. The second kappa shape index (κ2) is 11.5. The number of amides is 3. The van der Waals surface area contributed by atoms with E-state index in [9.17, 15) is 14.4 Å². The molecule has 3 fully saturated rings. The Balaban J connectivity index is 1.25. The zero-order valence-electron chi connectivity index (χ0n) is 23.8. The van der Waals surface area contributed by atoms with Crippen LogP contribution in [0.1, 0.15) is 64.0 Å². The average Bonchev–Trinajstić information content (AvgIpc) is 3.50. The van der Waals surface area contributed by atoms with Gasteiger partial charge in [-0.3, -0.25) is 14.5 Å². The molecular weight excluding hydrogens is 534 g/mol. The SMILES string of the molecule is CC(C)(C)OC(=O)N1C2CCC(C2)C1C(=O)NC(Cc1ccc(C2=C[N+](CC3CCOCC3)=C2)c(F)c1F)C(N)=O. The number of carbonyl (C=O) groups is 3. The molecule has 4 unspecified atom stereocenters. The van der Waals surface area contributed by atoms with Gasteiger partial charge in [-0.05, 0) is 64.4 Å². The van der Waals surface area contributed by atoms with E-state index >= 15 is 8.78 Å². The normalized spacial score (nSPS) is 24.8. The number of piperidine rings is 1. The van der Waals surface area contributed by atoms with Crippen molar-refractivity contribution in [3.63, 3.8) is 0 Å². The topological polar surface area (TPSA) is 114 Å². The van der Waals surface area contributed by atoms with Crippen molar-refractivity contribution in [2.75, 3.05) is 19.8 Å². The zero-order valence-corrected chi connectivity index (χ0v) is 23.8. The van der Waals surface area contributed by atoms with E-state index in [1.165, 1.54) is 17.0 Å². The van der Waals surface area contributed by atoms with Crippen LogP contribution in [0, 0.1) is 23.5 Å². The number of primary amides is 1. The molecule has 0 radical (unpaired) electrons. The van der Waals surface area contributed by atoms with Gasteiger partial charge in [0.05, 0.1) is 0 Å². The molecule has 9 nitrogen and oxygen atoms in total. The van der Waals surface area contributed by atoms with Crippen molar-refractivity contribution in [3.05, 3.63) is 41.1 Å². The second-order valence-corrected chi connectivity index (χ2v) is 12.6. The summed E-state index contributed by atoms with van der Waals surface area (Å²) in [6, 6.07) is 0.658. The summed E-state index contributed by atoms with van der Waals surface area (Å²) in [4.78, 5) is 40.1. The quantitative estimate of drug-likeness (QED) is 0.464. The third kappa shape index (κ3) is 6.29. The maximum absolute atomic E-state index is 15.2. The molecule has 2 bridgehead atoms. The molecule has 2 saturated heterocycles. The summed E-state index contributed by atoms with van der Waals surface area (Å²) >= 11 is 0. The fourth-order valence-electron chi connectivity index (χ4n) is 6.39. The number of hydrogen-bond donors (Lipinski definition) is 2. The van der Waals surface area contributed by atoms with Crippen molar-refractivity contribution in [1.82, 2.24) is 10.2 Å². The highest BCUT2D eigenvalue weighted by molar-refractivity contribution is 6.10. The number of nitrogens with two attached hydrogens (primary N) is 1. The van der Waals surface area contributed by atoms with E-state index in [1.54, 1.807) is 33.2 Å². The van der Waals surface area contributed by atoms with Crippen LogP contribution in [0.4, 0.5) is 13.6 Å². The molecule has 41 heavy (non-hydrogen) atoms. The Kier molecular flexibility index (Phi) is 8.18. The van der Waals surface area contributed by atoms with Crippen molar-refractivity contribution in [1.29, 1.82) is 0 Å². The molecule has 11 heteroatoms. The monoisotopic (exact) mass is 573 g/mol. The lowest BCUT2D eigenvalue weighted by molar-refractivity contribution is -0.469. The lowest BCUT2D eigenvalue weighted by Crippen LogP contribution is -2.57. The Hall–Kier alpha value is -3.34. The molecule has 4 atom stereocenters. The Morgan fingerprint density at radius 1 is 1.15 bits per heavy atom. The van der Waals surface area contributed by atoms with Crippen molar-refractivity contribution in [2.45, 2.75) is 83.0 Å². The number of halogens is 2. The van der Waals surface area contributed by atoms with Crippen LogP contribution in [-0.2, 0) is 25.5 Å². The molecule has 3 N–H and O–H groups in total. The van der Waals surface area contributed by atoms with Gasteiger partial charge < -0.3 is 20.5 Å². The van der Waals surface area contributed by atoms with Gasteiger partial charge in [0, 0.05) is 37.2 Å². The van der Waals surface area contributed by atoms with Crippen LogP contribution in [0.3, 0.4) is 0 Å². The highest BCUT2D eigenvalue weighted by atomic mass is 19.2. The third-order valence-corrected chi connectivity index (χ3v) is 8.44. The minimum atomic E-state index is -1.29. The first-order chi connectivity index (χ1) is 19.4. The molecule has 1 saturated carbocycles. The first kappa shape index (κ1) is 29.2. The van der Waals surface area contributed by atoms with E-state index in [2.05, 4.69) is 5.32 Å². The molecule has 222 valence electrons. The van der Waals surface area contributed by atoms with Crippen molar-refractivity contribution >= 4 is 29.7 Å². The van der Waals surface area contributed by atoms with E-state index in [4.69, 9.17) is 15.2 Å². The van der Waals surface area contributed by atoms with Gasteiger partial charge in [0.2, 0.25) is 11.8 Å². The lowest BCUT2D eigenvalue weighted by atomic mass is 9.95. The molecule has 5 rings (SSSR count). The molecule has 1 aromatic rings. The maximum atomic E-state index is 15.2. The van der Waals surface area contributed by atoms with Crippen molar-refractivity contribution < 1.29 is 37.2 Å². The van der Waals surface area contributed by atoms with E-state index < -0.39 is 47.2 Å².